The van der Waals surface area contributed by atoms with E-state index in [1.165, 1.54) is 11.8 Å². The van der Waals surface area contributed by atoms with E-state index in [0.29, 0.717) is 0 Å². The van der Waals surface area contributed by atoms with Crippen molar-refractivity contribution in [3.05, 3.63) is 30.5 Å². The number of benzene rings is 1. The van der Waals surface area contributed by atoms with Gasteiger partial charge in [0.1, 0.15) is 5.75 Å². The quantitative estimate of drug-likeness (QED) is 0.907. The standard InChI is InChI=1S/C11H13NO.C5H11NO.CO2/c1-2-7-13-10-3-4-11-9(8-10)5-6-12-11;1-2-6-3-5-7-4-1;2-1-3/h3-6,8,12H,2,7H2,1H3;6H,1-5H2;. The highest BCUT2D eigenvalue weighted by molar-refractivity contribution is 5.80. The highest BCUT2D eigenvalue weighted by Crippen LogP contribution is 2.19. The van der Waals surface area contributed by atoms with Crippen LogP contribution in [0.3, 0.4) is 0 Å². The van der Waals surface area contributed by atoms with Gasteiger partial charge in [-0.05, 0) is 43.7 Å². The Hall–Kier alpha value is -2.14. The van der Waals surface area contributed by atoms with E-state index in [4.69, 9.17) is 19.1 Å². The van der Waals surface area contributed by atoms with Crippen molar-refractivity contribution in [3.63, 3.8) is 0 Å². The van der Waals surface area contributed by atoms with E-state index in [1.807, 2.05) is 24.4 Å². The molecule has 126 valence electrons. The summed E-state index contributed by atoms with van der Waals surface area (Å²) in [4.78, 5) is 19.4. The lowest BCUT2D eigenvalue weighted by molar-refractivity contribution is -0.191. The first-order valence-electron chi connectivity index (χ1n) is 7.79. The molecular weight excluding hydrogens is 296 g/mol. The van der Waals surface area contributed by atoms with E-state index in [0.717, 1.165) is 50.6 Å². The summed E-state index contributed by atoms with van der Waals surface area (Å²) in [5, 5.41) is 4.42. The predicted octanol–water partition coefficient (Wildman–Crippen LogP) is 2.37. The average molecular weight is 320 g/mol. The molecule has 1 aliphatic heterocycles. The molecular formula is C17H24N2O4. The molecule has 0 amide bonds. The molecule has 0 spiro atoms. The second kappa shape index (κ2) is 12.4. The molecule has 0 aliphatic carbocycles. The summed E-state index contributed by atoms with van der Waals surface area (Å²) in [6, 6.07) is 8.14. The Morgan fingerprint density at radius 2 is 2.04 bits per heavy atom. The van der Waals surface area contributed by atoms with Gasteiger partial charge in [0.15, 0.2) is 0 Å². The fourth-order valence-electron chi connectivity index (χ4n) is 2.01. The minimum atomic E-state index is 0.250. The SMILES string of the molecule is C1CNCCOC1.CCCOc1ccc2[nH]ccc2c1.O=C=O. The van der Waals surface area contributed by atoms with Crippen LogP contribution in [0.15, 0.2) is 30.5 Å². The smallest absolute Gasteiger partial charge is 0.373 e. The van der Waals surface area contributed by atoms with Gasteiger partial charge in [-0.3, -0.25) is 0 Å². The van der Waals surface area contributed by atoms with E-state index >= 15 is 0 Å². The second-order valence-electron chi connectivity index (χ2n) is 4.87. The van der Waals surface area contributed by atoms with Gasteiger partial charge in [-0.1, -0.05) is 6.92 Å². The van der Waals surface area contributed by atoms with Crippen molar-refractivity contribution in [1.82, 2.24) is 10.3 Å². The van der Waals surface area contributed by atoms with Gasteiger partial charge in [0.2, 0.25) is 0 Å². The molecule has 0 unspecified atom stereocenters. The van der Waals surface area contributed by atoms with Crippen LogP contribution in [0.5, 0.6) is 5.75 Å². The van der Waals surface area contributed by atoms with Gasteiger partial charge >= 0.3 is 6.15 Å². The monoisotopic (exact) mass is 320 g/mol. The van der Waals surface area contributed by atoms with Gasteiger partial charge in [-0.25, -0.2) is 0 Å². The van der Waals surface area contributed by atoms with Gasteiger partial charge in [-0.2, -0.15) is 9.59 Å². The summed E-state index contributed by atoms with van der Waals surface area (Å²) < 4.78 is 10.7. The lowest BCUT2D eigenvalue weighted by Gasteiger charge is -2.03. The zero-order valence-electron chi connectivity index (χ0n) is 13.5. The molecule has 6 nitrogen and oxygen atoms in total. The van der Waals surface area contributed by atoms with Crippen LogP contribution in [0, 0.1) is 0 Å². The van der Waals surface area contributed by atoms with Gasteiger partial charge in [0, 0.05) is 30.3 Å². The lowest BCUT2D eigenvalue weighted by Crippen LogP contribution is -2.15. The van der Waals surface area contributed by atoms with E-state index in [2.05, 4.69) is 23.3 Å². The van der Waals surface area contributed by atoms with Crippen molar-refractivity contribution in [2.75, 3.05) is 32.9 Å². The lowest BCUT2D eigenvalue weighted by atomic mass is 10.2. The summed E-state index contributed by atoms with van der Waals surface area (Å²) in [5.41, 5.74) is 1.16. The van der Waals surface area contributed by atoms with Crippen LogP contribution in [0.2, 0.25) is 0 Å². The maximum atomic E-state index is 8.12. The normalized spacial score (nSPS) is 13.6. The molecule has 1 aromatic heterocycles. The number of aromatic nitrogens is 1. The van der Waals surface area contributed by atoms with Crippen LogP contribution in [-0.4, -0.2) is 44.0 Å². The Morgan fingerprint density at radius 3 is 2.83 bits per heavy atom. The van der Waals surface area contributed by atoms with E-state index in [1.54, 1.807) is 0 Å². The maximum absolute atomic E-state index is 8.12. The molecule has 1 fully saturated rings. The summed E-state index contributed by atoms with van der Waals surface area (Å²) in [6.07, 6.45) is 4.40. The van der Waals surface area contributed by atoms with Gasteiger partial charge < -0.3 is 19.8 Å². The zero-order chi connectivity index (χ0) is 16.8. The number of carbonyl (C=O) groups excluding carboxylic acids is 2. The minimum Gasteiger partial charge on any atom is -0.494 e. The molecule has 1 aromatic carbocycles. The average Bonchev–Trinajstić information content (AvgIpc) is 2.83. The Kier molecular flexibility index (Phi) is 10.2. The molecule has 1 aliphatic rings. The van der Waals surface area contributed by atoms with Crippen LogP contribution in [-0.2, 0) is 14.3 Å². The molecule has 1 saturated heterocycles. The summed E-state index contributed by atoms with van der Waals surface area (Å²) in [5.74, 6) is 0.953. The van der Waals surface area contributed by atoms with Crippen molar-refractivity contribution in [3.8, 4) is 5.75 Å². The number of aromatic amines is 1. The number of hydrogen-bond donors (Lipinski definition) is 2. The largest absolute Gasteiger partial charge is 0.494 e. The number of nitrogens with one attached hydrogen (secondary N) is 2. The second-order valence-corrected chi connectivity index (χ2v) is 4.87. The highest BCUT2D eigenvalue weighted by Gasteiger charge is 1.96. The first kappa shape index (κ1) is 18.9. The van der Waals surface area contributed by atoms with Crippen LogP contribution in [0.4, 0.5) is 0 Å². The molecule has 0 atom stereocenters. The third-order valence-corrected chi connectivity index (χ3v) is 3.06. The molecule has 2 aromatic rings. The zero-order valence-corrected chi connectivity index (χ0v) is 13.5. The van der Waals surface area contributed by atoms with Crippen LogP contribution in [0.25, 0.3) is 10.9 Å². The van der Waals surface area contributed by atoms with Gasteiger partial charge in [0.05, 0.1) is 13.2 Å². The molecule has 2 N–H and O–H groups in total. The topological polar surface area (TPSA) is 80.4 Å². The van der Waals surface area contributed by atoms with Gasteiger partial charge in [-0.15, -0.1) is 0 Å². The van der Waals surface area contributed by atoms with Crippen molar-refractivity contribution in [2.45, 2.75) is 19.8 Å². The Bertz CT molecular complexity index is 557. The highest BCUT2D eigenvalue weighted by atomic mass is 16.5. The fourth-order valence-corrected chi connectivity index (χ4v) is 2.01. The van der Waals surface area contributed by atoms with E-state index in [9.17, 15) is 0 Å². The number of fused-ring (bicyclic) bond motifs is 1. The van der Waals surface area contributed by atoms with Crippen molar-refractivity contribution >= 4 is 17.1 Å². The van der Waals surface area contributed by atoms with E-state index in [-0.39, 0.29) is 6.15 Å². The third-order valence-electron chi connectivity index (χ3n) is 3.06. The van der Waals surface area contributed by atoms with E-state index < -0.39 is 0 Å². The van der Waals surface area contributed by atoms with Crippen molar-refractivity contribution in [2.24, 2.45) is 0 Å². The fraction of sp³-hybridized carbons (Fsp3) is 0.471. The Balaban J connectivity index is 0.000000223. The first-order valence-corrected chi connectivity index (χ1v) is 7.79. The molecule has 0 saturated carbocycles. The Labute approximate surface area is 136 Å². The Morgan fingerprint density at radius 1 is 1.22 bits per heavy atom. The number of hydrogen-bond acceptors (Lipinski definition) is 5. The molecule has 0 radical (unpaired) electrons. The molecule has 6 heteroatoms. The van der Waals surface area contributed by atoms with Gasteiger partial charge in [0.25, 0.3) is 0 Å². The molecule has 3 rings (SSSR count). The van der Waals surface area contributed by atoms with Crippen LogP contribution < -0.4 is 10.1 Å². The molecule has 2 heterocycles. The third kappa shape index (κ3) is 8.16. The number of H-pyrrole nitrogens is 1. The summed E-state index contributed by atoms with van der Waals surface area (Å²) in [7, 11) is 0. The number of ether oxygens (including phenoxy) is 2. The van der Waals surface area contributed by atoms with Crippen LogP contribution >= 0.6 is 0 Å². The summed E-state index contributed by atoms with van der Waals surface area (Å²) >= 11 is 0. The van der Waals surface area contributed by atoms with Crippen molar-refractivity contribution in [1.29, 1.82) is 0 Å². The summed E-state index contributed by atoms with van der Waals surface area (Å²) in [6.45, 7) is 6.87. The van der Waals surface area contributed by atoms with Crippen molar-refractivity contribution < 1.29 is 19.1 Å². The molecule has 0 bridgehead atoms. The first-order chi connectivity index (χ1) is 11.3. The molecule has 23 heavy (non-hydrogen) atoms. The van der Waals surface area contributed by atoms with Crippen LogP contribution in [0.1, 0.15) is 19.8 Å². The number of rotatable bonds is 3. The minimum absolute atomic E-state index is 0.250. The predicted molar refractivity (Wildman–Crippen MR) is 87.4 cm³/mol. The maximum Gasteiger partial charge on any atom is 0.373 e.